The Labute approximate surface area is 212 Å². The van der Waals surface area contributed by atoms with E-state index in [-0.39, 0.29) is 28.4 Å². The zero-order chi connectivity index (χ0) is 25.7. The van der Waals surface area contributed by atoms with Gasteiger partial charge in [0.1, 0.15) is 11.6 Å². The van der Waals surface area contributed by atoms with Gasteiger partial charge in [0.05, 0.1) is 5.70 Å². The highest BCUT2D eigenvalue weighted by atomic mass is 19.1. The van der Waals surface area contributed by atoms with Crippen molar-refractivity contribution in [1.29, 1.82) is 0 Å². The van der Waals surface area contributed by atoms with Crippen LogP contribution in [-0.4, -0.2) is 22.5 Å². The lowest BCUT2D eigenvalue weighted by atomic mass is 9.71. The van der Waals surface area contributed by atoms with Gasteiger partial charge in [-0.15, -0.1) is 0 Å². The largest absolute Gasteiger partial charge is 0.505 e. The monoisotopic (exact) mass is 493 g/mol. The first-order valence-electron chi connectivity index (χ1n) is 13.5. The standard InChI is InChI=1S/C30H36FNO4/c1-2-3-4-5-6-7-8-9-10-15-21-28(34)27-26(30(36)29(21)35)24(19-13-11-14-20(31)18-19)25-22(32-27)16-12-17-23(25)33/h11,13-14,18,24,32,34H,2-10,12,15-17H2,1H3. The summed E-state index contributed by atoms with van der Waals surface area (Å²) in [6.07, 6.45) is 12.0. The van der Waals surface area contributed by atoms with Crippen molar-refractivity contribution in [3.05, 3.63) is 69.5 Å². The molecule has 1 atom stereocenters. The van der Waals surface area contributed by atoms with Crippen molar-refractivity contribution in [3.63, 3.8) is 0 Å². The number of hydrogen-bond donors (Lipinski definition) is 2. The number of ketones is 3. The number of halogens is 1. The maximum atomic E-state index is 14.1. The van der Waals surface area contributed by atoms with Crippen LogP contribution >= 0.6 is 0 Å². The van der Waals surface area contributed by atoms with Gasteiger partial charge in [0.15, 0.2) is 5.78 Å². The van der Waals surface area contributed by atoms with Crippen LogP contribution in [0.25, 0.3) is 0 Å². The summed E-state index contributed by atoms with van der Waals surface area (Å²) in [5, 5.41) is 14.3. The molecule has 1 aliphatic heterocycles. The fraction of sp³-hybridized carbons (Fsp3) is 0.500. The molecule has 2 aliphatic carbocycles. The molecule has 0 aromatic heterocycles. The third-order valence-electron chi connectivity index (χ3n) is 7.54. The van der Waals surface area contributed by atoms with Gasteiger partial charge < -0.3 is 10.4 Å². The molecule has 3 aliphatic rings. The second kappa shape index (κ2) is 11.8. The molecule has 4 rings (SSSR count). The van der Waals surface area contributed by atoms with Crippen LogP contribution in [0.15, 0.2) is 58.1 Å². The predicted molar refractivity (Wildman–Crippen MR) is 137 cm³/mol. The third-order valence-corrected chi connectivity index (χ3v) is 7.54. The predicted octanol–water partition coefficient (Wildman–Crippen LogP) is 6.66. The molecule has 2 N–H and O–H groups in total. The van der Waals surface area contributed by atoms with Crippen molar-refractivity contribution in [2.75, 3.05) is 0 Å². The molecule has 0 fully saturated rings. The van der Waals surface area contributed by atoms with E-state index >= 15 is 0 Å². The Morgan fingerprint density at radius 1 is 0.917 bits per heavy atom. The number of nitrogens with one attached hydrogen (secondary N) is 1. The average molecular weight is 494 g/mol. The zero-order valence-electron chi connectivity index (χ0n) is 21.1. The maximum absolute atomic E-state index is 14.1. The molecule has 0 saturated carbocycles. The van der Waals surface area contributed by atoms with Crippen molar-refractivity contribution < 1.29 is 23.9 Å². The normalized spacial score (nSPS) is 20.1. The Balaban J connectivity index is 1.56. The minimum Gasteiger partial charge on any atom is -0.505 e. The second-order valence-corrected chi connectivity index (χ2v) is 10.1. The third kappa shape index (κ3) is 5.37. The first-order chi connectivity index (χ1) is 17.4. The molecule has 0 saturated heterocycles. The van der Waals surface area contributed by atoms with E-state index < -0.39 is 23.3 Å². The number of aliphatic hydroxyl groups is 1. The topological polar surface area (TPSA) is 83.5 Å². The summed E-state index contributed by atoms with van der Waals surface area (Å²) in [6.45, 7) is 2.20. The fourth-order valence-electron chi connectivity index (χ4n) is 5.65. The molecular weight excluding hydrogens is 457 g/mol. The van der Waals surface area contributed by atoms with E-state index in [0.29, 0.717) is 42.5 Å². The number of benzene rings is 1. The molecule has 1 unspecified atom stereocenters. The number of carbonyl (C=O) groups is 3. The van der Waals surface area contributed by atoms with Gasteiger partial charge in [-0.05, 0) is 43.4 Å². The number of rotatable bonds is 11. The van der Waals surface area contributed by atoms with E-state index in [2.05, 4.69) is 12.2 Å². The highest BCUT2D eigenvalue weighted by Crippen LogP contribution is 2.46. The van der Waals surface area contributed by atoms with Crippen LogP contribution in [0, 0.1) is 5.82 Å². The summed E-state index contributed by atoms with van der Waals surface area (Å²) in [4.78, 5) is 39.5. The lowest BCUT2D eigenvalue weighted by molar-refractivity contribution is -0.132. The lowest BCUT2D eigenvalue weighted by Crippen LogP contribution is -2.40. The van der Waals surface area contributed by atoms with E-state index in [1.54, 1.807) is 6.07 Å². The van der Waals surface area contributed by atoms with Crippen molar-refractivity contribution in [3.8, 4) is 0 Å². The smallest absolute Gasteiger partial charge is 0.233 e. The van der Waals surface area contributed by atoms with E-state index in [1.165, 1.54) is 50.3 Å². The van der Waals surface area contributed by atoms with Gasteiger partial charge in [-0.25, -0.2) is 4.39 Å². The average Bonchev–Trinajstić information content (AvgIpc) is 2.87. The summed E-state index contributed by atoms with van der Waals surface area (Å²) in [6, 6.07) is 5.78. The van der Waals surface area contributed by atoms with Crippen LogP contribution in [0.1, 0.15) is 102 Å². The number of Topliss-reactive ketones (excluding diaryl/α,β-unsaturated/α-hetero) is 3. The highest BCUT2D eigenvalue weighted by Gasteiger charge is 2.45. The van der Waals surface area contributed by atoms with Crippen molar-refractivity contribution >= 4 is 17.3 Å². The van der Waals surface area contributed by atoms with Crippen LogP contribution in [0.2, 0.25) is 0 Å². The summed E-state index contributed by atoms with van der Waals surface area (Å²) in [5.74, 6) is -3.12. The molecule has 36 heavy (non-hydrogen) atoms. The molecule has 1 aromatic carbocycles. The second-order valence-electron chi connectivity index (χ2n) is 10.1. The van der Waals surface area contributed by atoms with Gasteiger partial charge in [-0.1, -0.05) is 70.4 Å². The molecule has 5 nitrogen and oxygen atoms in total. The van der Waals surface area contributed by atoms with Crippen LogP contribution in [-0.2, 0) is 14.4 Å². The van der Waals surface area contributed by atoms with Crippen molar-refractivity contribution in [1.82, 2.24) is 5.32 Å². The SMILES string of the molecule is CCCCCCCCCCCC1=C(O)C2=C(C(=O)C1=O)C(c1cccc(F)c1)C1=C(CCCC1=O)N2. The van der Waals surface area contributed by atoms with E-state index in [9.17, 15) is 23.9 Å². The minimum absolute atomic E-state index is 0.0490. The van der Waals surface area contributed by atoms with Crippen molar-refractivity contribution in [2.24, 2.45) is 0 Å². The van der Waals surface area contributed by atoms with Crippen LogP contribution in [0.5, 0.6) is 0 Å². The Kier molecular flexibility index (Phi) is 8.55. The first-order valence-corrected chi connectivity index (χ1v) is 13.5. The molecule has 0 amide bonds. The molecule has 1 heterocycles. The molecule has 0 radical (unpaired) electrons. The Bertz CT molecular complexity index is 1140. The van der Waals surface area contributed by atoms with Crippen LogP contribution in [0.3, 0.4) is 0 Å². The lowest BCUT2D eigenvalue weighted by Gasteiger charge is -2.36. The quantitative estimate of drug-likeness (QED) is 0.205. The molecule has 6 heteroatoms. The van der Waals surface area contributed by atoms with Gasteiger partial charge in [0.2, 0.25) is 11.6 Å². The number of hydrogen-bond acceptors (Lipinski definition) is 5. The van der Waals surface area contributed by atoms with E-state index in [1.807, 2.05) is 0 Å². The number of unbranched alkanes of at least 4 members (excludes halogenated alkanes) is 8. The minimum atomic E-state index is -0.868. The number of allylic oxidation sites excluding steroid dienone is 4. The van der Waals surface area contributed by atoms with Crippen LogP contribution in [0.4, 0.5) is 4.39 Å². The number of aliphatic hydroxyl groups excluding tert-OH is 1. The summed E-state index contributed by atoms with van der Waals surface area (Å²) in [7, 11) is 0. The van der Waals surface area contributed by atoms with Gasteiger partial charge in [-0.2, -0.15) is 0 Å². The number of carbonyl (C=O) groups excluding carboxylic acids is 3. The molecular formula is C30H36FNO4. The molecule has 1 aromatic rings. The van der Waals surface area contributed by atoms with E-state index in [0.717, 1.165) is 25.7 Å². The van der Waals surface area contributed by atoms with E-state index in [4.69, 9.17) is 0 Å². The van der Waals surface area contributed by atoms with Crippen molar-refractivity contribution in [2.45, 2.75) is 96.3 Å². The summed E-state index contributed by atoms with van der Waals surface area (Å²) < 4.78 is 14.1. The number of dihydropyridines is 1. The fourth-order valence-corrected chi connectivity index (χ4v) is 5.65. The summed E-state index contributed by atoms with van der Waals surface area (Å²) in [5.41, 5.74) is 1.87. The first kappa shape index (κ1) is 26.1. The van der Waals surface area contributed by atoms with Gasteiger partial charge in [0, 0.05) is 34.8 Å². The Hall–Kier alpha value is -3.02. The molecule has 192 valence electrons. The maximum Gasteiger partial charge on any atom is 0.233 e. The Morgan fingerprint density at radius 3 is 2.31 bits per heavy atom. The van der Waals surface area contributed by atoms with Crippen LogP contribution < -0.4 is 5.32 Å². The molecule has 0 bridgehead atoms. The van der Waals surface area contributed by atoms with Gasteiger partial charge >= 0.3 is 0 Å². The van der Waals surface area contributed by atoms with Gasteiger partial charge in [-0.3, -0.25) is 14.4 Å². The van der Waals surface area contributed by atoms with Gasteiger partial charge in [0.25, 0.3) is 0 Å². The summed E-state index contributed by atoms with van der Waals surface area (Å²) >= 11 is 0. The Morgan fingerprint density at radius 2 is 1.61 bits per heavy atom. The zero-order valence-corrected chi connectivity index (χ0v) is 21.1. The molecule has 0 spiro atoms. The highest BCUT2D eigenvalue weighted by molar-refractivity contribution is 6.50.